The van der Waals surface area contributed by atoms with Crippen molar-refractivity contribution in [3.05, 3.63) is 12.2 Å². The average Bonchev–Trinajstić information content (AvgIpc) is 2.67. The fourth-order valence-electron chi connectivity index (χ4n) is 3.03. The maximum Gasteiger partial charge on any atom is 0.306 e. The van der Waals surface area contributed by atoms with Crippen LogP contribution in [0.4, 0.5) is 0 Å². The first-order valence-corrected chi connectivity index (χ1v) is 7.31. The normalized spacial score (nSPS) is 24.1. The molecule has 1 aliphatic rings. The van der Waals surface area contributed by atoms with E-state index in [1.807, 2.05) is 4.68 Å². The van der Waals surface area contributed by atoms with E-state index in [9.17, 15) is 9.90 Å². The molecule has 2 atom stereocenters. The van der Waals surface area contributed by atoms with Gasteiger partial charge in [-0.3, -0.25) is 9.48 Å². The summed E-state index contributed by atoms with van der Waals surface area (Å²) in [5.41, 5.74) is 0. The van der Waals surface area contributed by atoms with Crippen LogP contribution in [0, 0.1) is 11.8 Å². The van der Waals surface area contributed by atoms with Gasteiger partial charge in [0.1, 0.15) is 12.2 Å². The van der Waals surface area contributed by atoms with Gasteiger partial charge in [0.25, 0.3) is 0 Å². The van der Waals surface area contributed by atoms with Crippen molar-refractivity contribution in [3.8, 4) is 0 Å². The van der Waals surface area contributed by atoms with Gasteiger partial charge in [0.15, 0.2) is 0 Å². The molecule has 1 fully saturated rings. The predicted molar refractivity (Wildman–Crippen MR) is 71.7 cm³/mol. The molecule has 1 heterocycles. The Bertz CT molecular complexity index is 417. The first kappa shape index (κ1) is 14.0. The van der Waals surface area contributed by atoms with E-state index < -0.39 is 5.97 Å². The topological polar surface area (TPSA) is 68.0 Å². The molecule has 1 N–H and O–H groups in total. The van der Waals surface area contributed by atoms with Crippen LogP contribution in [0.2, 0.25) is 0 Å². The van der Waals surface area contributed by atoms with Gasteiger partial charge in [-0.15, -0.1) is 0 Å². The van der Waals surface area contributed by atoms with Crippen LogP contribution in [0.5, 0.6) is 0 Å². The lowest BCUT2D eigenvalue weighted by Gasteiger charge is -2.21. The minimum absolute atomic E-state index is 0.208. The number of carbonyl (C=O) groups is 1. The van der Waals surface area contributed by atoms with Crippen molar-refractivity contribution >= 4 is 5.97 Å². The molecule has 0 saturated heterocycles. The Morgan fingerprint density at radius 1 is 1.42 bits per heavy atom. The first-order valence-electron chi connectivity index (χ1n) is 7.31. The molecule has 0 amide bonds. The van der Waals surface area contributed by atoms with Crippen LogP contribution in [0.3, 0.4) is 0 Å². The second-order valence-electron chi connectivity index (χ2n) is 5.45. The molecule has 1 aliphatic carbocycles. The van der Waals surface area contributed by atoms with E-state index in [0.29, 0.717) is 0 Å². The lowest BCUT2D eigenvalue weighted by molar-refractivity contribution is -0.143. The van der Waals surface area contributed by atoms with Gasteiger partial charge in [0.2, 0.25) is 0 Å². The Labute approximate surface area is 114 Å². The Kier molecular flexibility index (Phi) is 4.93. The van der Waals surface area contributed by atoms with E-state index in [1.54, 1.807) is 6.33 Å². The molecule has 0 spiro atoms. The van der Waals surface area contributed by atoms with Crippen LogP contribution in [0.15, 0.2) is 6.33 Å². The minimum atomic E-state index is -0.645. The summed E-state index contributed by atoms with van der Waals surface area (Å²) in [4.78, 5) is 15.7. The van der Waals surface area contributed by atoms with E-state index in [2.05, 4.69) is 17.0 Å². The van der Waals surface area contributed by atoms with Crippen LogP contribution in [-0.2, 0) is 17.8 Å². The molecule has 1 saturated carbocycles. The Hall–Kier alpha value is -1.39. The van der Waals surface area contributed by atoms with E-state index in [1.165, 1.54) is 0 Å². The fourth-order valence-corrected chi connectivity index (χ4v) is 3.03. The number of nitrogens with zero attached hydrogens (tertiary/aromatic N) is 3. The summed E-state index contributed by atoms with van der Waals surface area (Å²) >= 11 is 0. The molecule has 1 aromatic heterocycles. The van der Waals surface area contributed by atoms with Gasteiger partial charge in [-0.05, 0) is 25.2 Å². The molecule has 5 heteroatoms. The summed E-state index contributed by atoms with van der Waals surface area (Å²) in [6.45, 7) is 2.97. The second-order valence-corrected chi connectivity index (χ2v) is 5.45. The van der Waals surface area contributed by atoms with Gasteiger partial charge >= 0.3 is 5.97 Å². The second kappa shape index (κ2) is 6.68. The number of carboxylic acids is 1. The summed E-state index contributed by atoms with van der Waals surface area (Å²) in [5.74, 6) is 0.294. The third kappa shape index (κ3) is 3.55. The van der Waals surface area contributed by atoms with Crippen molar-refractivity contribution in [1.82, 2.24) is 14.8 Å². The summed E-state index contributed by atoms with van der Waals surface area (Å²) in [5, 5.41) is 13.6. The zero-order valence-electron chi connectivity index (χ0n) is 11.6. The highest BCUT2D eigenvalue weighted by molar-refractivity contribution is 5.70. The monoisotopic (exact) mass is 265 g/mol. The van der Waals surface area contributed by atoms with Crippen LogP contribution in [0.25, 0.3) is 0 Å². The van der Waals surface area contributed by atoms with Crippen molar-refractivity contribution in [2.24, 2.45) is 11.8 Å². The van der Waals surface area contributed by atoms with E-state index in [0.717, 1.165) is 57.3 Å². The lowest BCUT2D eigenvalue weighted by Crippen LogP contribution is -2.25. The number of aryl methyl sites for hydroxylation is 1. The Morgan fingerprint density at radius 2 is 2.21 bits per heavy atom. The molecule has 2 rings (SSSR count). The van der Waals surface area contributed by atoms with Crippen molar-refractivity contribution in [1.29, 1.82) is 0 Å². The standard InChI is InChI=1S/C14H23N3O2/c1-2-8-17-13(15-10-16-17)9-11-6-4-3-5-7-12(11)14(18)19/h10-12H,2-9H2,1H3,(H,18,19). The number of aromatic nitrogens is 3. The molecule has 0 bridgehead atoms. The molecule has 0 aromatic carbocycles. The quantitative estimate of drug-likeness (QED) is 0.831. The summed E-state index contributed by atoms with van der Waals surface area (Å²) in [6, 6.07) is 0. The van der Waals surface area contributed by atoms with Crippen molar-refractivity contribution < 1.29 is 9.90 Å². The largest absolute Gasteiger partial charge is 0.481 e. The fraction of sp³-hybridized carbons (Fsp3) is 0.786. The predicted octanol–water partition coefficient (Wildman–Crippen LogP) is 2.51. The number of hydrogen-bond acceptors (Lipinski definition) is 3. The zero-order chi connectivity index (χ0) is 13.7. The number of aliphatic carboxylic acids is 1. The maximum absolute atomic E-state index is 11.4. The lowest BCUT2D eigenvalue weighted by atomic mass is 9.85. The van der Waals surface area contributed by atoms with Gasteiger partial charge in [0.05, 0.1) is 5.92 Å². The van der Waals surface area contributed by atoms with Crippen LogP contribution >= 0.6 is 0 Å². The molecule has 0 aliphatic heterocycles. The number of rotatable bonds is 5. The van der Waals surface area contributed by atoms with Gasteiger partial charge in [-0.2, -0.15) is 5.10 Å². The van der Waals surface area contributed by atoms with Crippen molar-refractivity contribution in [3.63, 3.8) is 0 Å². The molecule has 19 heavy (non-hydrogen) atoms. The Balaban J connectivity index is 2.09. The third-order valence-electron chi connectivity index (χ3n) is 4.05. The summed E-state index contributed by atoms with van der Waals surface area (Å²) in [7, 11) is 0. The van der Waals surface area contributed by atoms with Crippen molar-refractivity contribution in [2.75, 3.05) is 0 Å². The van der Waals surface area contributed by atoms with Crippen LogP contribution < -0.4 is 0 Å². The van der Waals surface area contributed by atoms with E-state index in [4.69, 9.17) is 0 Å². The molecule has 1 aromatic rings. The highest BCUT2D eigenvalue weighted by Gasteiger charge is 2.30. The van der Waals surface area contributed by atoms with E-state index >= 15 is 0 Å². The van der Waals surface area contributed by atoms with Crippen molar-refractivity contribution in [2.45, 2.75) is 58.4 Å². The average molecular weight is 265 g/mol. The molecule has 0 radical (unpaired) electrons. The van der Waals surface area contributed by atoms with E-state index in [-0.39, 0.29) is 11.8 Å². The Morgan fingerprint density at radius 3 is 2.95 bits per heavy atom. The molecular weight excluding hydrogens is 242 g/mol. The highest BCUT2D eigenvalue weighted by atomic mass is 16.4. The minimum Gasteiger partial charge on any atom is -0.481 e. The van der Waals surface area contributed by atoms with Crippen LogP contribution in [0.1, 0.15) is 51.3 Å². The number of carboxylic acid groups (broad SMARTS) is 1. The molecule has 5 nitrogen and oxygen atoms in total. The number of hydrogen-bond donors (Lipinski definition) is 1. The third-order valence-corrected chi connectivity index (χ3v) is 4.05. The van der Waals surface area contributed by atoms with Gasteiger partial charge in [-0.25, -0.2) is 4.98 Å². The molecular formula is C14H23N3O2. The first-order chi connectivity index (χ1) is 9.22. The highest BCUT2D eigenvalue weighted by Crippen LogP contribution is 2.31. The SMILES string of the molecule is CCCn1ncnc1CC1CCCCCC1C(=O)O. The zero-order valence-corrected chi connectivity index (χ0v) is 11.6. The van der Waals surface area contributed by atoms with Gasteiger partial charge in [-0.1, -0.05) is 26.2 Å². The van der Waals surface area contributed by atoms with Crippen LogP contribution in [-0.4, -0.2) is 25.8 Å². The maximum atomic E-state index is 11.4. The van der Waals surface area contributed by atoms with Gasteiger partial charge in [0, 0.05) is 13.0 Å². The smallest absolute Gasteiger partial charge is 0.306 e. The summed E-state index contributed by atoms with van der Waals surface area (Å²) in [6.07, 6.45) is 8.48. The van der Waals surface area contributed by atoms with Gasteiger partial charge < -0.3 is 5.11 Å². The molecule has 2 unspecified atom stereocenters. The summed E-state index contributed by atoms with van der Waals surface area (Å²) < 4.78 is 1.92. The molecule has 106 valence electrons.